The monoisotopic (exact) mass is 132 g/mol. The van der Waals surface area contributed by atoms with Crippen LogP contribution >= 0.6 is 0 Å². The van der Waals surface area contributed by atoms with Crippen LogP contribution in [0.3, 0.4) is 0 Å². The lowest BCUT2D eigenvalue weighted by molar-refractivity contribution is 0.969. The molecule has 8 heavy (non-hydrogen) atoms. The van der Waals surface area contributed by atoms with Gasteiger partial charge in [0.1, 0.15) is 0 Å². The standard InChI is InChI=1S/C5H16N2Si/c1-4-5-8(6-2)7-3/h6-8H,4-5H2,1-3H3. The van der Waals surface area contributed by atoms with Crippen LogP contribution in [0.25, 0.3) is 0 Å². The van der Waals surface area contributed by atoms with Crippen molar-refractivity contribution in [2.75, 3.05) is 14.1 Å². The van der Waals surface area contributed by atoms with E-state index in [0.717, 1.165) is 0 Å². The van der Waals surface area contributed by atoms with E-state index in [1.165, 1.54) is 12.5 Å². The minimum absolute atomic E-state index is 0.692. The summed E-state index contributed by atoms with van der Waals surface area (Å²) in [6.07, 6.45) is 1.29. The van der Waals surface area contributed by atoms with E-state index in [1.54, 1.807) is 0 Å². The molecule has 50 valence electrons. The molecule has 2 N–H and O–H groups in total. The van der Waals surface area contributed by atoms with Crippen molar-refractivity contribution < 1.29 is 0 Å². The minimum atomic E-state index is -0.692. The summed E-state index contributed by atoms with van der Waals surface area (Å²) in [6.45, 7) is 2.22. The Morgan fingerprint density at radius 1 is 1.25 bits per heavy atom. The van der Waals surface area contributed by atoms with Crippen LogP contribution in [0.1, 0.15) is 13.3 Å². The molecule has 0 bridgehead atoms. The van der Waals surface area contributed by atoms with E-state index in [0.29, 0.717) is 0 Å². The van der Waals surface area contributed by atoms with Crippen molar-refractivity contribution in [3.63, 3.8) is 0 Å². The summed E-state index contributed by atoms with van der Waals surface area (Å²) >= 11 is 0. The van der Waals surface area contributed by atoms with Crippen LogP contribution in [0.5, 0.6) is 0 Å². The molecule has 0 heterocycles. The maximum absolute atomic E-state index is 3.28. The summed E-state index contributed by atoms with van der Waals surface area (Å²) in [4.78, 5) is 6.56. The predicted molar refractivity (Wildman–Crippen MR) is 40.4 cm³/mol. The van der Waals surface area contributed by atoms with Crippen molar-refractivity contribution in [2.45, 2.75) is 19.4 Å². The second-order valence-corrected chi connectivity index (χ2v) is 4.76. The van der Waals surface area contributed by atoms with E-state index in [4.69, 9.17) is 0 Å². The van der Waals surface area contributed by atoms with Gasteiger partial charge in [0.15, 0.2) is 9.12 Å². The smallest absolute Gasteiger partial charge is 0.184 e. The zero-order valence-corrected chi connectivity index (χ0v) is 7.15. The maximum Gasteiger partial charge on any atom is 0.184 e. The zero-order chi connectivity index (χ0) is 6.41. The Balaban J connectivity index is 3.07. The van der Waals surface area contributed by atoms with Gasteiger partial charge in [-0.25, -0.2) is 0 Å². The lowest BCUT2D eigenvalue weighted by Gasteiger charge is -2.09. The van der Waals surface area contributed by atoms with Gasteiger partial charge in [0, 0.05) is 0 Å². The molecule has 0 aliphatic heterocycles. The van der Waals surface area contributed by atoms with Gasteiger partial charge in [0.2, 0.25) is 0 Å². The molecule has 0 unspecified atom stereocenters. The Hall–Kier alpha value is 0.137. The molecule has 0 saturated heterocycles. The number of hydrogen-bond donors (Lipinski definition) is 2. The third kappa shape index (κ3) is 3.18. The third-order valence-corrected chi connectivity index (χ3v) is 3.82. The summed E-state index contributed by atoms with van der Waals surface area (Å²) in [7, 11) is 3.37. The lowest BCUT2D eigenvalue weighted by Crippen LogP contribution is -2.42. The molecule has 3 heteroatoms. The van der Waals surface area contributed by atoms with E-state index in [1.807, 2.05) is 14.1 Å². The van der Waals surface area contributed by atoms with Gasteiger partial charge in [-0.3, -0.25) is 0 Å². The molecule has 0 rings (SSSR count). The fourth-order valence-corrected chi connectivity index (χ4v) is 2.17. The van der Waals surface area contributed by atoms with Gasteiger partial charge in [-0.1, -0.05) is 13.3 Å². The van der Waals surface area contributed by atoms with Crippen molar-refractivity contribution in [1.29, 1.82) is 0 Å². The summed E-state index contributed by atoms with van der Waals surface area (Å²) < 4.78 is 0. The molecule has 0 fully saturated rings. The lowest BCUT2D eigenvalue weighted by atomic mass is 10.6. The largest absolute Gasteiger partial charge is 0.331 e. The molecular weight excluding hydrogens is 116 g/mol. The molecule has 2 nitrogen and oxygen atoms in total. The molecule has 0 spiro atoms. The first-order valence-electron chi connectivity index (χ1n) is 3.19. The van der Waals surface area contributed by atoms with E-state index >= 15 is 0 Å². The van der Waals surface area contributed by atoms with E-state index in [2.05, 4.69) is 16.9 Å². The summed E-state index contributed by atoms with van der Waals surface area (Å²) in [5, 5.41) is 0. The second-order valence-electron chi connectivity index (χ2n) is 1.92. The van der Waals surface area contributed by atoms with Crippen molar-refractivity contribution in [2.24, 2.45) is 0 Å². The van der Waals surface area contributed by atoms with Crippen LogP contribution in [-0.2, 0) is 0 Å². The quantitative estimate of drug-likeness (QED) is 0.528. The van der Waals surface area contributed by atoms with E-state index in [-0.39, 0.29) is 0 Å². The molecule has 0 radical (unpaired) electrons. The van der Waals surface area contributed by atoms with E-state index in [9.17, 15) is 0 Å². The summed E-state index contributed by atoms with van der Waals surface area (Å²) in [5.74, 6) is 0. The van der Waals surface area contributed by atoms with Gasteiger partial charge in [0.25, 0.3) is 0 Å². The first-order chi connectivity index (χ1) is 3.85. The maximum atomic E-state index is 3.28. The fraction of sp³-hybridized carbons (Fsp3) is 1.00. The van der Waals surface area contributed by atoms with Crippen molar-refractivity contribution >= 4 is 9.12 Å². The van der Waals surface area contributed by atoms with Gasteiger partial charge < -0.3 is 9.96 Å². The van der Waals surface area contributed by atoms with Gasteiger partial charge in [-0.2, -0.15) is 0 Å². The Labute approximate surface area is 53.4 Å². The highest BCUT2D eigenvalue weighted by molar-refractivity contribution is 6.52. The van der Waals surface area contributed by atoms with Crippen molar-refractivity contribution in [3.8, 4) is 0 Å². The molecular formula is C5H16N2Si. The predicted octanol–water partition coefficient (Wildman–Crippen LogP) is 0.0557. The highest BCUT2D eigenvalue weighted by atomic mass is 28.3. The first kappa shape index (κ1) is 8.14. The highest BCUT2D eigenvalue weighted by Crippen LogP contribution is 1.87. The number of hydrogen-bond acceptors (Lipinski definition) is 2. The summed E-state index contributed by atoms with van der Waals surface area (Å²) in [6, 6.07) is 1.34. The second kappa shape index (κ2) is 5.28. The topological polar surface area (TPSA) is 24.1 Å². The first-order valence-corrected chi connectivity index (χ1v) is 5.16. The van der Waals surface area contributed by atoms with Crippen LogP contribution in [0.15, 0.2) is 0 Å². The average Bonchev–Trinajstić information content (AvgIpc) is 1.83. The molecule has 0 aromatic heterocycles. The molecule has 0 aromatic rings. The Kier molecular flexibility index (Phi) is 5.37. The van der Waals surface area contributed by atoms with Crippen LogP contribution in [0, 0.1) is 0 Å². The van der Waals surface area contributed by atoms with Gasteiger partial charge in [0.05, 0.1) is 0 Å². The molecule has 0 atom stereocenters. The molecule has 0 saturated carbocycles. The van der Waals surface area contributed by atoms with Crippen molar-refractivity contribution in [3.05, 3.63) is 0 Å². The molecule has 0 amide bonds. The third-order valence-electron chi connectivity index (χ3n) is 1.27. The normalized spacial score (nSPS) is 10.5. The Morgan fingerprint density at radius 2 is 1.75 bits per heavy atom. The Morgan fingerprint density at radius 3 is 1.88 bits per heavy atom. The van der Waals surface area contributed by atoms with Gasteiger partial charge in [-0.05, 0) is 20.1 Å². The summed E-state index contributed by atoms with van der Waals surface area (Å²) in [5.41, 5.74) is 0. The Bertz CT molecular complexity index is 45.7. The van der Waals surface area contributed by atoms with Crippen LogP contribution in [0.2, 0.25) is 6.04 Å². The molecule has 0 aliphatic rings. The molecule has 0 aliphatic carbocycles. The zero-order valence-electron chi connectivity index (χ0n) is 5.99. The SMILES string of the molecule is CCC[SiH](NC)NC. The van der Waals surface area contributed by atoms with Crippen molar-refractivity contribution in [1.82, 2.24) is 9.96 Å². The number of rotatable bonds is 4. The highest BCUT2D eigenvalue weighted by Gasteiger charge is 2.00. The van der Waals surface area contributed by atoms with Crippen LogP contribution < -0.4 is 9.96 Å². The van der Waals surface area contributed by atoms with E-state index < -0.39 is 9.12 Å². The van der Waals surface area contributed by atoms with Gasteiger partial charge in [-0.15, -0.1) is 0 Å². The van der Waals surface area contributed by atoms with Crippen LogP contribution in [-0.4, -0.2) is 23.2 Å². The number of nitrogens with one attached hydrogen (secondary N) is 2. The van der Waals surface area contributed by atoms with Crippen LogP contribution in [0.4, 0.5) is 0 Å². The molecule has 0 aromatic carbocycles. The van der Waals surface area contributed by atoms with Gasteiger partial charge >= 0.3 is 0 Å². The minimum Gasteiger partial charge on any atom is -0.331 e. The average molecular weight is 132 g/mol. The fourth-order valence-electron chi connectivity index (χ4n) is 0.722.